The van der Waals surface area contributed by atoms with Crippen molar-refractivity contribution in [1.82, 2.24) is 0 Å². The van der Waals surface area contributed by atoms with Crippen molar-refractivity contribution < 1.29 is 14.3 Å². The Morgan fingerprint density at radius 1 is 0.903 bits per heavy atom. The van der Waals surface area contributed by atoms with E-state index in [1.54, 1.807) is 12.1 Å². The third-order valence-electron chi connectivity index (χ3n) is 4.39. The van der Waals surface area contributed by atoms with Gasteiger partial charge in [-0.1, -0.05) is 86.2 Å². The van der Waals surface area contributed by atoms with E-state index in [0.717, 1.165) is 11.1 Å². The van der Waals surface area contributed by atoms with Crippen LogP contribution in [0, 0.1) is 11.5 Å². The quantitative estimate of drug-likeness (QED) is 0.245. The molecule has 0 spiro atoms. The van der Waals surface area contributed by atoms with Crippen molar-refractivity contribution in [2.75, 3.05) is 5.73 Å². The zero-order valence-corrected chi connectivity index (χ0v) is 19.1. The van der Waals surface area contributed by atoms with Crippen LogP contribution >= 0.6 is 0 Å². The second-order valence-electron chi connectivity index (χ2n) is 8.27. The molecule has 0 saturated heterocycles. The molecule has 0 unspecified atom stereocenters. The number of carbonyl (C=O) groups is 1. The van der Waals surface area contributed by atoms with Crippen LogP contribution in [0.1, 0.15) is 27.0 Å². The van der Waals surface area contributed by atoms with Crippen molar-refractivity contribution in [3.63, 3.8) is 0 Å². The second-order valence-corrected chi connectivity index (χ2v) is 13.0. The van der Waals surface area contributed by atoms with Crippen LogP contribution in [-0.4, -0.2) is 14.0 Å². The maximum absolute atomic E-state index is 12.8. The van der Waals surface area contributed by atoms with Crippen LogP contribution in [0.25, 0.3) is 0 Å². The van der Waals surface area contributed by atoms with E-state index in [1.807, 2.05) is 60.7 Å². The molecule has 0 heterocycles. The first-order valence-corrected chi connectivity index (χ1v) is 13.7. The van der Waals surface area contributed by atoms with Gasteiger partial charge in [-0.05, 0) is 23.3 Å². The van der Waals surface area contributed by atoms with Gasteiger partial charge < -0.3 is 15.2 Å². The van der Waals surface area contributed by atoms with Gasteiger partial charge in [-0.2, -0.15) is 0 Å². The van der Waals surface area contributed by atoms with Gasteiger partial charge in [0.1, 0.15) is 32.6 Å². The lowest BCUT2D eigenvalue weighted by Crippen LogP contribution is -2.16. The zero-order valence-electron chi connectivity index (χ0n) is 18.1. The predicted molar refractivity (Wildman–Crippen MR) is 127 cm³/mol. The first kappa shape index (κ1) is 22.2. The molecule has 158 valence electrons. The summed E-state index contributed by atoms with van der Waals surface area (Å²) in [5.74, 6) is 3.10. The Morgan fingerprint density at radius 3 is 2.06 bits per heavy atom. The van der Waals surface area contributed by atoms with E-state index < -0.39 is 14.0 Å². The number of rotatable bonds is 6. The minimum absolute atomic E-state index is 0.175. The molecule has 5 heteroatoms. The minimum Gasteiger partial charge on any atom is -0.488 e. The zero-order chi connectivity index (χ0) is 22.3. The first-order chi connectivity index (χ1) is 14.8. The molecule has 2 N–H and O–H groups in total. The molecule has 0 bridgehead atoms. The fourth-order valence-corrected chi connectivity index (χ4v) is 3.28. The molecule has 0 aliphatic heterocycles. The molecule has 0 amide bonds. The summed E-state index contributed by atoms with van der Waals surface area (Å²) in [6, 6.07) is 22.7. The van der Waals surface area contributed by atoms with Crippen molar-refractivity contribution in [2.45, 2.75) is 32.9 Å². The average molecular weight is 430 g/mol. The number of ether oxygens (including phenoxy) is 2. The van der Waals surface area contributed by atoms with Crippen molar-refractivity contribution in [2.24, 2.45) is 0 Å². The van der Waals surface area contributed by atoms with Gasteiger partial charge in [0.2, 0.25) is 0 Å². The topological polar surface area (TPSA) is 61.5 Å². The summed E-state index contributed by atoms with van der Waals surface area (Å²) in [6.45, 7) is 6.99. The molecule has 4 nitrogen and oxygen atoms in total. The van der Waals surface area contributed by atoms with E-state index in [0.29, 0.717) is 29.2 Å². The first-order valence-electron chi connectivity index (χ1n) is 10.2. The smallest absolute Gasteiger partial charge is 0.342 e. The van der Waals surface area contributed by atoms with Crippen LogP contribution in [0.2, 0.25) is 19.6 Å². The molecular weight excluding hydrogens is 402 g/mol. The van der Waals surface area contributed by atoms with Crippen molar-refractivity contribution in [3.05, 3.63) is 95.1 Å². The summed E-state index contributed by atoms with van der Waals surface area (Å²) in [5, 5.41) is 0. The third-order valence-corrected chi connectivity index (χ3v) is 5.27. The van der Waals surface area contributed by atoms with E-state index in [-0.39, 0.29) is 6.61 Å². The molecular formula is C26H27NO3Si. The molecule has 3 aromatic carbocycles. The summed E-state index contributed by atoms with van der Waals surface area (Å²) in [6.07, 6.45) is 0. The summed E-state index contributed by atoms with van der Waals surface area (Å²) in [7, 11) is -1.59. The maximum Gasteiger partial charge on any atom is 0.342 e. The highest BCUT2D eigenvalue weighted by atomic mass is 28.3. The molecule has 0 aromatic heterocycles. The van der Waals surface area contributed by atoms with Crippen LogP contribution in [0.3, 0.4) is 0 Å². The number of nitrogen functional groups attached to an aromatic ring is 1. The molecule has 0 atom stereocenters. The Morgan fingerprint density at radius 2 is 1.48 bits per heavy atom. The predicted octanol–water partition coefficient (Wildman–Crippen LogP) is 5.43. The summed E-state index contributed by atoms with van der Waals surface area (Å²) >= 11 is 0. The van der Waals surface area contributed by atoms with Gasteiger partial charge in [0.05, 0.1) is 5.56 Å². The largest absolute Gasteiger partial charge is 0.488 e. The normalized spacial score (nSPS) is 10.7. The van der Waals surface area contributed by atoms with Gasteiger partial charge in [-0.25, -0.2) is 4.79 Å². The maximum atomic E-state index is 12.8. The molecule has 31 heavy (non-hydrogen) atoms. The van der Waals surface area contributed by atoms with Crippen LogP contribution < -0.4 is 10.5 Å². The molecule has 0 fully saturated rings. The van der Waals surface area contributed by atoms with Gasteiger partial charge >= 0.3 is 5.97 Å². The standard InChI is InChI=1S/C26H27NO3Si/c1-31(2,3)15-14-22-16-25(29-18-20-10-6-4-7-11-20)23(17-24(22)27)26(28)30-19-21-12-8-5-9-13-21/h4-13,16-17H,18-19,27H2,1-3H3. The number of hydrogen-bond donors (Lipinski definition) is 1. The fourth-order valence-electron chi connectivity index (χ4n) is 2.77. The molecule has 3 aromatic rings. The van der Waals surface area contributed by atoms with Gasteiger partial charge in [-0.3, -0.25) is 0 Å². The fraction of sp³-hybridized carbons (Fsp3) is 0.192. The number of carbonyl (C=O) groups excluding carboxylic acids is 1. The average Bonchev–Trinajstić information content (AvgIpc) is 2.76. The SMILES string of the molecule is C[Si](C)(C)C#Cc1cc(OCc2ccccc2)c(C(=O)OCc2ccccc2)cc1N. The van der Waals surface area contributed by atoms with Gasteiger partial charge in [0.25, 0.3) is 0 Å². The molecule has 0 radical (unpaired) electrons. The second kappa shape index (κ2) is 10.0. The third kappa shape index (κ3) is 6.77. The van der Waals surface area contributed by atoms with Gasteiger partial charge in [0, 0.05) is 5.69 Å². The highest BCUT2D eigenvalue weighted by molar-refractivity contribution is 6.83. The Bertz CT molecular complexity index is 1090. The van der Waals surface area contributed by atoms with Crippen LogP contribution in [0.15, 0.2) is 72.8 Å². The number of esters is 1. The summed E-state index contributed by atoms with van der Waals surface area (Å²) < 4.78 is 11.5. The lowest BCUT2D eigenvalue weighted by atomic mass is 10.1. The molecule has 0 aliphatic carbocycles. The lowest BCUT2D eigenvalue weighted by molar-refractivity contribution is 0.0467. The number of nitrogens with two attached hydrogens (primary N) is 1. The van der Waals surface area contributed by atoms with Crippen molar-refractivity contribution in [1.29, 1.82) is 0 Å². The minimum atomic E-state index is -1.59. The molecule has 0 saturated carbocycles. The van der Waals surface area contributed by atoms with E-state index in [1.165, 1.54) is 0 Å². The summed E-state index contributed by atoms with van der Waals surface area (Å²) in [5.41, 5.74) is 12.8. The van der Waals surface area contributed by atoms with Crippen molar-refractivity contribution in [3.8, 4) is 17.2 Å². The van der Waals surface area contributed by atoms with Crippen LogP contribution in [0.4, 0.5) is 5.69 Å². The van der Waals surface area contributed by atoms with Crippen molar-refractivity contribution >= 4 is 19.7 Å². The van der Waals surface area contributed by atoms with E-state index in [2.05, 4.69) is 31.1 Å². The lowest BCUT2D eigenvalue weighted by Gasteiger charge is -2.14. The highest BCUT2D eigenvalue weighted by Gasteiger charge is 2.18. The molecule has 3 rings (SSSR count). The van der Waals surface area contributed by atoms with Crippen LogP contribution in [0.5, 0.6) is 5.75 Å². The molecule has 0 aliphatic rings. The number of benzene rings is 3. The van der Waals surface area contributed by atoms with E-state index in [9.17, 15) is 4.79 Å². The van der Waals surface area contributed by atoms with Gasteiger partial charge in [-0.15, -0.1) is 5.54 Å². The van der Waals surface area contributed by atoms with E-state index in [4.69, 9.17) is 15.2 Å². The highest BCUT2D eigenvalue weighted by Crippen LogP contribution is 2.27. The van der Waals surface area contributed by atoms with Crippen LogP contribution in [-0.2, 0) is 18.0 Å². The number of hydrogen-bond acceptors (Lipinski definition) is 4. The van der Waals surface area contributed by atoms with Gasteiger partial charge in [0.15, 0.2) is 0 Å². The Kier molecular flexibility index (Phi) is 7.17. The monoisotopic (exact) mass is 429 g/mol. The summed E-state index contributed by atoms with van der Waals surface area (Å²) in [4.78, 5) is 12.8. The Balaban J connectivity index is 1.88. The number of anilines is 1. The Hall–Kier alpha value is -3.49. The Labute approximate surface area is 185 Å². The van der Waals surface area contributed by atoms with E-state index >= 15 is 0 Å².